The largest absolute Gasteiger partial charge is 0.396 e. The Kier molecular flexibility index (Phi) is 2.60. The van der Waals surface area contributed by atoms with Gasteiger partial charge in [-0.1, -0.05) is 6.07 Å². The van der Waals surface area contributed by atoms with Crippen LogP contribution in [0.25, 0.3) is 0 Å². The van der Waals surface area contributed by atoms with Crippen molar-refractivity contribution in [3.05, 3.63) is 29.6 Å². The Labute approximate surface area is 91.6 Å². The maximum Gasteiger partial charge on any atom is 0.234 e. The van der Waals surface area contributed by atoms with Gasteiger partial charge in [-0.05, 0) is 24.1 Å². The molecule has 0 saturated carbocycles. The van der Waals surface area contributed by atoms with Gasteiger partial charge in [-0.25, -0.2) is 4.39 Å². The smallest absolute Gasteiger partial charge is 0.234 e. The fraction of sp³-hybridized carbons (Fsp3) is 0.273. The highest BCUT2D eigenvalue weighted by molar-refractivity contribution is 6.00. The van der Waals surface area contributed by atoms with Crippen LogP contribution in [-0.2, 0) is 9.59 Å². The molecule has 5 heteroatoms. The van der Waals surface area contributed by atoms with E-state index >= 15 is 0 Å². The number of rotatable bonds is 1. The van der Waals surface area contributed by atoms with Gasteiger partial charge in [-0.2, -0.15) is 0 Å². The third kappa shape index (κ3) is 1.88. The molecule has 1 aromatic carbocycles. The molecular weight excluding hydrogens is 211 g/mol. The molecule has 1 saturated heterocycles. The number of benzene rings is 1. The Bertz CT molecular complexity index is 459. The number of hydrogen-bond acceptors (Lipinski definition) is 3. The van der Waals surface area contributed by atoms with Crippen molar-refractivity contribution in [3.63, 3.8) is 0 Å². The molecule has 1 atom stereocenters. The number of hydrogen-bond donors (Lipinski definition) is 2. The molecule has 0 radical (unpaired) electrons. The highest BCUT2D eigenvalue weighted by atomic mass is 19.1. The predicted molar refractivity (Wildman–Crippen MR) is 55.9 cm³/mol. The number of imide groups is 1. The monoisotopic (exact) mass is 222 g/mol. The van der Waals surface area contributed by atoms with Crippen LogP contribution in [0.15, 0.2) is 18.2 Å². The van der Waals surface area contributed by atoms with Gasteiger partial charge in [0.15, 0.2) is 0 Å². The van der Waals surface area contributed by atoms with Crippen LogP contribution in [-0.4, -0.2) is 11.8 Å². The van der Waals surface area contributed by atoms with Gasteiger partial charge >= 0.3 is 0 Å². The minimum Gasteiger partial charge on any atom is -0.396 e. The summed E-state index contributed by atoms with van der Waals surface area (Å²) < 4.78 is 13.2. The third-order valence-electron chi connectivity index (χ3n) is 2.67. The lowest BCUT2D eigenvalue weighted by Gasteiger charge is -2.21. The number of carbonyl (C=O) groups is 2. The number of anilines is 1. The Balaban J connectivity index is 2.27. The van der Waals surface area contributed by atoms with Gasteiger partial charge in [0.05, 0.1) is 11.6 Å². The Morgan fingerprint density at radius 2 is 2.12 bits per heavy atom. The Morgan fingerprint density at radius 3 is 2.75 bits per heavy atom. The number of nitrogens with one attached hydrogen (secondary N) is 1. The Hall–Kier alpha value is -1.91. The van der Waals surface area contributed by atoms with Crippen LogP contribution in [0, 0.1) is 5.82 Å². The molecule has 1 fully saturated rings. The maximum absolute atomic E-state index is 13.2. The quantitative estimate of drug-likeness (QED) is 0.548. The van der Waals surface area contributed by atoms with E-state index < -0.39 is 11.7 Å². The van der Waals surface area contributed by atoms with Gasteiger partial charge in [-0.15, -0.1) is 0 Å². The fourth-order valence-electron chi connectivity index (χ4n) is 1.77. The van der Waals surface area contributed by atoms with E-state index in [0.717, 1.165) is 0 Å². The van der Waals surface area contributed by atoms with Gasteiger partial charge in [0.2, 0.25) is 11.8 Å². The molecule has 1 aliphatic rings. The first-order chi connectivity index (χ1) is 7.58. The summed E-state index contributed by atoms with van der Waals surface area (Å²) in [6, 6.07) is 4.28. The molecule has 0 bridgehead atoms. The second kappa shape index (κ2) is 3.92. The molecule has 16 heavy (non-hydrogen) atoms. The minimum atomic E-state index is -0.540. The zero-order valence-electron chi connectivity index (χ0n) is 8.50. The molecule has 0 aliphatic carbocycles. The molecule has 0 spiro atoms. The van der Waals surface area contributed by atoms with Crippen LogP contribution in [0.3, 0.4) is 0 Å². The van der Waals surface area contributed by atoms with Crippen molar-refractivity contribution in [2.45, 2.75) is 18.8 Å². The number of carbonyl (C=O) groups excluding carboxylic acids is 2. The average molecular weight is 222 g/mol. The van der Waals surface area contributed by atoms with Gasteiger partial charge < -0.3 is 5.73 Å². The normalized spacial score (nSPS) is 20.7. The zero-order chi connectivity index (χ0) is 11.7. The predicted octanol–water partition coefficient (Wildman–Crippen LogP) is 0.928. The van der Waals surface area contributed by atoms with E-state index in [9.17, 15) is 14.0 Å². The van der Waals surface area contributed by atoms with E-state index in [1.807, 2.05) is 0 Å². The molecule has 4 nitrogen and oxygen atoms in total. The van der Waals surface area contributed by atoms with Crippen molar-refractivity contribution >= 4 is 17.5 Å². The molecular formula is C11H11FN2O2. The summed E-state index contributed by atoms with van der Waals surface area (Å²) >= 11 is 0. The lowest BCUT2D eigenvalue weighted by atomic mass is 9.90. The van der Waals surface area contributed by atoms with E-state index in [4.69, 9.17) is 5.73 Å². The lowest BCUT2D eigenvalue weighted by molar-refractivity contribution is -0.134. The van der Waals surface area contributed by atoms with E-state index in [1.54, 1.807) is 6.07 Å². The number of halogens is 1. The first-order valence-corrected chi connectivity index (χ1v) is 4.96. The van der Waals surface area contributed by atoms with Crippen LogP contribution in [0.4, 0.5) is 10.1 Å². The van der Waals surface area contributed by atoms with E-state index in [2.05, 4.69) is 5.32 Å². The van der Waals surface area contributed by atoms with Crippen molar-refractivity contribution < 1.29 is 14.0 Å². The molecule has 1 aliphatic heterocycles. The summed E-state index contributed by atoms with van der Waals surface area (Å²) in [6.45, 7) is 0. The van der Waals surface area contributed by atoms with Crippen LogP contribution < -0.4 is 11.1 Å². The van der Waals surface area contributed by atoms with E-state index in [0.29, 0.717) is 12.0 Å². The van der Waals surface area contributed by atoms with Crippen LogP contribution >= 0.6 is 0 Å². The van der Waals surface area contributed by atoms with Crippen LogP contribution in [0.5, 0.6) is 0 Å². The second-order valence-corrected chi connectivity index (χ2v) is 3.78. The first kappa shape index (κ1) is 10.6. The van der Waals surface area contributed by atoms with Crippen LogP contribution in [0.1, 0.15) is 24.3 Å². The zero-order valence-corrected chi connectivity index (χ0v) is 8.50. The van der Waals surface area contributed by atoms with Crippen molar-refractivity contribution in [2.75, 3.05) is 5.73 Å². The summed E-state index contributed by atoms with van der Waals surface area (Å²) in [5.41, 5.74) is 5.95. The highest BCUT2D eigenvalue weighted by Crippen LogP contribution is 2.26. The molecule has 2 amide bonds. The number of nitrogens with two attached hydrogens (primary N) is 1. The van der Waals surface area contributed by atoms with Gasteiger partial charge in [0.25, 0.3) is 0 Å². The fourth-order valence-corrected chi connectivity index (χ4v) is 1.77. The van der Waals surface area contributed by atoms with Crippen LogP contribution in [0.2, 0.25) is 0 Å². The highest BCUT2D eigenvalue weighted by Gasteiger charge is 2.28. The molecule has 2 rings (SSSR count). The van der Waals surface area contributed by atoms with Crippen molar-refractivity contribution in [2.24, 2.45) is 0 Å². The number of nitrogen functional groups attached to an aromatic ring is 1. The lowest BCUT2D eigenvalue weighted by Crippen LogP contribution is -2.39. The molecule has 1 aromatic rings. The van der Waals surface area contributed by atoms with Crippen molar-refractivity contribution in [1.29, 1.82) is 0 Å². The standard InChI is InChI=1S/C11H11FN2O2/c12-8-5-6(1-3-9(8)13)7-2-4-10(15)14-11(7)16/h1,3,5,7H,2,4,13H2,(H,14,15,16). The number of piperidine rings is 1. The topological polar surface area (TPSA) is 72.2 Å². The summed E-state index contributed by atoms with van der Waals surface area (Å²) in [5, 5.41) is 2.23. The molecule has 84 valence electrons. The summed E-state index contributed by atoms with van der Waals surface area (Å²) in [7, 11) is 0. The van der Waals surface area contributed by atoms with E-state index in [1.165, 1.54) is 12.1 Å². The number of amides is 2. The molecule has 1 unspecified atom stereocenters. The minimum absolute atomic E-state index is 0.0519. The SMILES string of the molecule is Nc1ccc(C2CCC(=O)NC2=O)cc1F. The average Bonchev–Trinajstić information content (AvgIpc) is 2.22. The van der Waals surface area contributed by atoms with Gasteiger partial charge in [0.1, 0.15) is 5.82 Å². The van der Waals surface area contributed by atoms with Crippen molar-refractivity contribution in [3.8, 4) is 0 Å². The summed E-state index contributed by atoms with van der Waals surface area (Å²) in [6.07, 6.45) is 0.691. The van der Waals surface area contributed by atoms with Crippen molar-refractivity contribution in [1.82, 2.24) is 5.32 Å². The summed E-state index contributed by atoms with van der Waals surface area (Å²) in [4.78, 5) is 22.5. The second-order valence-electron chi connectivity index (χ2n) is 3.78. The molecule has 0 aromatic heterocycles. The Morgan fingerprint density at radius 1 is 1.38 bits per heavy atom. The summed E-state index contributed by atoms with van der Waals surface area (Å²) in [5.74, 6) is -1.66. The molecule has 1 heterocycles. The molecule has 3 N–H and O–H groups in total. The third-order valence-corrected chi connectivity index (χ3v) is 2.67. The van der Waals surface area contributed by atoms with Gasteiger partial charge in [0, 0.05) is 6.42 Å². The maximum atomic E-state index is 13.2. The van der Waals surface area contributed by atoms with Gasteiger partial charge in [-0.3, -0.25) is 14.9 Å². The van der Waals surface area contributed by atoms with E-state index in [-0.39, 0.29) is 23.9 Å². The first-order valence-electron chi connectivity index (χ1n) is 4.96.